The first-order valence-electron chi connectivity index (χ1n) is 11.0. The van der Waals surface area contributed by atoms with Gasteiger partial charge in [-0.25, -0.2) is 28.1 Å². The molecule has 170 valence electrons. The lowest BCUT2D eigenvalue weighted by Crippen LogP contribution is -2.35. The molecular formula is C24H23F3N6. The van der Waals surface area contributed by atoms with E-state index in [0.29, 0.717) is 23.1 Å². The van der Waals surface area contributed by atoms with Gasteiger partial charge in [-0.15, -0.1) is 0 Å². The third kappa shape index (κ3) is 3.73. The molecule has 2 aromatic heterocycles. The number of nitrogens with zero attached hydrogens (tertiary/aromatic N) is 5. The van der Waals surface area contributed by atoms with E-state index in [1.165, 1.54) is 12.1 Å². The predicted octanol–water partition coefficient (Wildman–Crippen LogP) is 5.32. The average molecular weight is 452 g/mol. The van der Waals surface area contributed by atoms with Crippen molar-refractivity contribution in [3.05, 3.63) is 53.2 Å². The molecule has 4 atom stereocenters. The van der Waals surface area contributed by atoms with Gasteiger partial charge in [-0.1, -0.05) is 18.2 Å². The molecule has 6 nitrogen and oxygen atoms in total. The summed E-state index contributed by atoms with van der Waals surface area (Å²) in [4.78, 5) is 15.8. The standard InChI is InChI=1S/C24H23F3N6/c1-12(17-4-3-5-18(22(17)25)23(26)27)30-24-19-8-21(29-10-20(19)31-13(2)32-24)33-11-15-7-16(33)6-14(15)9-28/h3-5,8,10,12,14-16,23H,6-7,11H2,1-2H3,(H,30,31,32). The number of benzene rings is 1. The van der Waals surface area contributed by atoms with Crippen LogP contribution in [0.5, 0.6) is 0 Å². The zero-order valence-electron chi connectivity index (χ0n) is 18.3. The molecule has 2 bridgehead atoms. The molecule has 33 heavy (non-hydrogen) atoms. The van der Waals surface area contributed by atoms with Crippen molar-refractivity contribution in [2.45, 2.75) is 45.2 Å². The minimum atomic E-state index is -2.88. The minimum absolute atomic E-state index is 0.106. The molecule has 2 aliphatic rings. The summed E-state index contributed by atoms with van der Waals surface area (Å²) in [7, 11) is 0. The smallest absolute Gasteiger partial charge is 0.266 e. The number of pyridine rings is 1. The Hall–Kier alpha value is -3.41. The molecule has 0 spiro atoms. The van der Waals surface area contributed by atoms with Crippen molar-refractivity contribution in [3.8, 4) is 6.07 Å². The van der Waals surface area contributed by atoms with Gasteiger partial charge < -0.3 is 10.2 Å². The SMILES string of the molecule is Cc1nc(NC(C)c2cccc(C(F)F)c2F)c2cc(N3CC4CC3CC4C#N)ncc2n1. The fraction of sp³-hybridized carbons (Fsp3) is 0.417. The molecule has 3 heterocycles. The van der Waals surface area contributed by atoms with Gasteiger partial charge in [-0.05, 0) is 38.7 Å². The van der Waals surface area contributed by atoms with Crippen LogP contribution in [-0.4, -0.2) is 27.5 Å². The Balaban J connectivity index is 1.48. The third-order valence-electron chi connectivity index (χ3n) is 6.79. The van der Waals surface area contributed by atoms with Crippen molar-refractivity contribution in [3.63, 3.8) is 0 Å². The van der Waals surface area contributed by atoms with Gasteiger partial charge in [0, 0.05) is 23.5 Å². The second-order valence-corrected chi connectivity index (χ2v) is 8.87. The van der Waals surface area contributed by atoms with Crippen LogP contribution in [0.1, 0.15) is 49.2 Å². The number of aromatic nitrogens is 3. The molecular weight excluding hydrogens is 429 g/mol. The highest BCUT2D eigenvalue weighted by molar-refractivity contribution is 5.90. The summed E-state index contributed by atoms with van der Waals surface area (Å²) in [6.45, 7) is 4.25. The second kappa shape index (κ2) is 8.18. The maximum Gasteiger partial charge on any atom is 0.266 e. The number of nitriles is 1. The number of aryl methyl sites for hydroxylation is 1. The van der Waals surface area contributed by atoms with E-state index in [0.717, 1.165) is 36.7 Å². The number of hydrogen-bond acceptors (Lipinski definition) is 6. The van der Waals surface area contributed by atoms with Crippen LogP contribution in [0.25, 0.3) is 10.9 Å². The van der Waals surface area contributed by atoms with Gasteiger partial charge in [0.15, 0.2) is 0 Å². The summed E-state index contributed by atoms with van der Waals surface area (Å²) in [5.74, 6) is 1.36. The van der Waals surface area contributed by atoms with Gasteiger partial charge in [0.1, 0.15) is 23.3 Å². The molecule has 5 rings (SSSR count). The molecule has 0 amide bonds. The topological polar surface area (TPSA) is 77.7 Å². The quantitative estimate of drug-likeness (QED) is 0.565. The highest BCUT2D eigenvalue weighted by atomic mass is 19.3. The monoisotopic (exact) mass is 452 g/mol. The summed E-state index contributed by atoms with van der Waals surface area (Å²) in [5.41, 5.74) is 0.170. The largest absolute Gasteiger partial charge is 0.363 e. The molecule has 1 aliphatic carbocycles. The molecule has 2 fully saturated rings. The number of fused-ring (bicyclic) bond motifs is 3. The van der Waals surface area contributed by atoms with Gasteiger partial charge in [-0.2, -0.15) is 5.26 Å². The zero-order valence-corrected chi connectivity index (χ0v) is 18.3. The van der Waals surface area contributed by atoms with E-state index in [1.54, 1.807) is 20.0 Å². The van der Waals surface area contributed by atoms with Crippen LogP contribution in [0.2, 0.25) is 0 Å². The van der Waals surface area contributed by atoms with Crippen LogP contribution in [0.4, 0.5) is 24.8 Å². The Kier molecular flexibility index (Phi) is 5.31. The van der Waals surface area contributed by atoms with E-state index in [-0.39, 0.29) is 17.5 Å². The zero-order chi connectivity index (χ0) is 23.3. The van der Waals surface area contributed by atoms with E-state index in [4.69, 9.17) is 0 Å². The van der Waals surface area contributed by atoms with Crippen LogP contribution in [0, 0.1) is 35.9 Å². The molecule has 1 saturated carbocycles. The maximum atomic E-state index is 14.7. The summed E-state index contributed by atoms with van der Waals surface area (Å²) in [6, 6.07) is 8.04. The lowest BCUT2D eigenvalue weighted by molar-refractivity contribution is 0.146. The van der Waals surface area contributed by atoms with E-state index >= 15 is 0 Å². The Morgan fingerprint density at radius 2 is 2.00 bits per heavy atom. The van der Waals surface area contributed by atoms with Crippen molar-refractivity contribution in [1.82, 2.24) is 15.0 Å². The van der Waals surface area contributed by atoms with Gasteiger partial charge in [0.2, 0.25) is 0 Å². The highest BCUT2D eigenvalue weighted by Gasteiger charge is 2.45. The summed E-state index contributed by atoms with van der Waals surface area (Å²) < 4.78 is 41.0. The fourth-order valence-electron chi connectivity index (χ4n) is 5.15. The van der Waals surface area contributed by atoms with Crippen LogP contribution in [0.3, 0.4) is 0 Å². The summed E-state index contributed by atoms with van der Waals surface area (Å²) in [6.07, 6.45) is 0.641. The first-order chi connectivity index (χ1) is 15.9. The molecule has 1 saturated heterocycles. The van der Waals surface area contributed by atoms with E-state index in [1.807, 2.05) is 6.07 Å². The molecule has 1 N–H and O–H groups in total. The van der Waals surface area contributed by atoms with Crippen molar-refractivity contribution in [1.29, 1.82) is 5.26 Å². The molecule has 1 aromatic carbocycles. The summed E-state index contributed by atoms with van der Waals surface area (Å²) in [5, 5.41) is 13.2. The number of alkyl halides is 2. The number of halogens is 3. The molecule has 3 aromatic rings. The van der Waals surface area contributed by atoms with Crippen LogP contribution >= 0.6 is 0 Å². The second-order valence-electron chi connectivity index (χ2n) is 8.87. The highest BCUT2D eigenvalue weighted by Crippen LogP contribution is 2.44. The third-order valence-corrected chi connectivity index (χ3v) is 6.79. The number of rotatable bonds is 5. The number of piperidine rings is 1. The van der Waals surface area contributed by atoms with Gasteiger partial charge in [0.05, 0.1) is 35.3 Å². The minimum Gasteiger partial charge on any atom is -0.363 e. The van der Waals surface area contributed by atoms with Crippen LogP contribution in [-0.2, 0) is 0 Å². The van der Waals surface area contributed by atoms with Crippen LogP contribution < -0.4 is 10.2 Å². The maximum absolute atomic E-state index is 14.7. The Morgan fingerprint density at radius 1 is 1.21 bits per heavy atom. The Labute approximate surface area is 189 Å². The molecule has 4 unspecified atom stereocenters. The van der Waals surface area contributed by atoms with Gasteiger partial charge >= 0.3 is 0 Å². The lowest BCUT2D eigenvalue weighted by atomic mass is 9.96. The first-order valence-corrected chi connectivity index (χ1v) is 11.0. The number of nitrogens with one attached hydrogen (secondary N) is 1. The number of hydrogen-bond donors (Lipinski definition) is 1. The van der Waals surface area contributed by atoms with Crippen molar-refractivity contribution >= 4 is 22.5 Å². The first kappa shape index (κ1) is 21.4. The average Bonchev–Trinajstić information content (AvgIpc) is 3.39. The van der Waals surface area contributed by atoms with Gasteiger partial charge in [-0.3, -0.25) is 0 Å². The van der Waals surface area contributed by atoms with Crippen molar-refractivity contribution in [2.24, 2.45) is 11.8 Å². The van der Waals surface area contributed by atoms with Gasteiger partial charge in [0.25, 0.3) is 6.43 Å². The van der Waals surface area contributed by atoms with E-state index in [2.05, 4.69) is 31.2 Å². The summed E-state index contributed by atoms with van der Waals surface area (Å²) >= 11 is 0. The predicted molar refractivity (Wildman–Crippen MR) is 118 cm³/mol. The Morgan fingerprint density at radius 3 is 2.70 bits per heavy atom. The lowest BCUT2D eigenvalue weighted by Gasteiger charge is -2.30. The fourth-order valence-corrected chi connectivity index (χ4v) is 5.15. The molecule has 9 heteroatoms. The van der Waals surface area contributed by atoms with E-state index < -0.39 is 23.8 Å². The van der Waals surface area contributed by atoms with Crippen molar-refractivity contribution < 1.29 is 13.2 Å². The van der Waals surface area contributed by atoms with E-state index in [9.17, 15) is 18.4 Å². The normalized spacial score (nSPS) is 22.7. The van der Waals surface area contributed by atoms with Crippen LogP contribution in [0.15, 0.2) is 30.5 Å². The molecule has 0 radical (unpaired) electrons. The molecule has 1 aliphatic heterocycles. The number of anilines is 2. The Bertz CT molecular complexity index is 1260. The van der Waals surface area contributed by atoms with Crippen molar-refractivity contribution in [2.75, 3.05) is 16.8 Å².